The fourth-order valence-corrected chi connectivity index (χ4v) is 2.80. The maximum atomic E-state index is 12.6. The summed E-state index contributed by atoms with van der Waals surface area (Å²) in [6.45, 7) is 9.96. The monoisotopic (exact) mass is 318 g/mol. The Hall–Kier alpha value is -2.04. The molecule has 0 aromatic heterocycles. The molecule has 1 saturated heterocycles. The van der Waals surface area contributed by atoms with Crippen molar-refractivity contribution in [3.05, 3.63) is 29.3 Å². The average Bonchev–Trinajstić information content (AvgIpc) is 2.90. The summed E-state index contributed by atoms with van der Waals surface area (Å²) < 4.78 is 5.41. The van der Waals surface area contributed by atoms with Crippen molar-refractivity contribution in [3.63, 3.8) is 0 Å². The lowest BCUT2D eigenvalue weighted by atomic mass is 10.1. The number of amides is 2. The molecule has 1 aromatic rings. The first-order chi connectivity index (χ1) is 10.7. The van der Waals surface area contributed by atoms with Gasteiger partial charge in [-0.2, -0.15) is 0 Å². The Kier molecular flexibility index (Phi) is 4.97. The first-order valence-corrected chi connectivity index (χ1v) is 8.06. The van der Waals surface area contributed by atoms with E-state index < -0.39 is 17.7 Å². The van der Waals surface area contributed by atoms with E-state index in [1.54, 1.807) is 0 Å². The minimum atomic E-state index is -0.562. The molecule has 0 aliphatic carbocycles. The van der Waals surface area contributed by atoms with Gasteiger partial charge in [-0.05, 0) is 58.6 Å². The molecular weight excluding hydrogens is 292 g/mol. The molecule has 0 saturated carbocycles. The molecule has 1 N–H and O–H groups in total. The number of carbonyl (C=O) groups is 2. The van der Waals surface area contributed by atoms with Gasteiger partial charge in [0, 0.05) is 12.2 Å². The molecule has 0 radical (unpaired) electrons. The van der Waals surface area contributed by atoms with Crippen molar-refractivity contribution in [3.8, 4) is 0 Å². The van der Waals surface area contributed by atoms with Gasteiger partial charge in [-0.15, -0.1) is 0 Å². The van der Waals surface area contributed by atoms with Gasteiger partial charge in [0.1, 0.15) is 11.6 Å². The molecule has 1 heterocycles. The molecule has 5 heteroatoms. The van der Waals surface area contributed by atoms with Gasteiger partial charge in [0.15, 0.2) is 0 Å². The third kappa shape index (κ3) is 4.24. The highest BCUT2D eigenvalue weighted by atomic mass is 16.6. The SMILES string of the molecule is Cc1cccc(C)c1NC(=O)[C@H]1CCCN1C(=O)OC(C)(C)C. The van der Waals surface area contributed by atoms with Crippen LogP contribution in [0.25, 0.3) is 0 Å². The van der Waals surface area contributed by atoms with E-state index in [4.69, 9.17) is 4.74 Å². The zero-order chi connectivity index (χ0) is 17.2. The summed E-state index contributed by atoms with van der Waals surface area (Å²) in [5.74, 6) is -0.147. The van der Waals surface area contributed by atoms with E-state index in [0.717, 1.165) is 23.2 Å². The minimum Gasteiger partial charge on any atom is -0.444 e. The van der Waals surface area contributed by atoms with Crippen LogP contribution in [0.15, 0.2) is 18.2 Å². The number of hydrogen-bond donors (Lipinski definition) is 1. The zero-order valence-electron chi connectivity index (χ0n) is 14.6. The topological polar surface area (TPSA) is 58.6 Å². The number of nitrogens with one attached hydrogen (secondary N) is 1. The van der Waals surface area contributed by atoms with Crippen LogP contribution in [0.4, 0.5) is 10.5 Å². The molecule has 126 valence electrons. The summed E-state index contributed by atoms with van der Waals surface area (Å²) in [6.07, 6.45) is 1.05. The number of anilines is 1. The van der Waals surface area contributed by atoms with Gasteiger partial charge in [-0.25, -0.2) is 4.79 Å². The lowest BCUT2D eigenvalue weighted by Gasteiger charge is -2.28. The van der Waals surface area contributed by atoms with Gasteiger partial charge in [-0.1, -0.05) is 18.2 Å². The molecule has 1 aliphatic heterocycles. The minimum absolute atomic E-state index is 0.147. The van der Waals surface area contributed by atoms with Crippen LogP contribution < -0.4 is 5.32 Å². The Bertz CT molecular complexity index is 585. The Labute approximate surface area is 138 Å². The van der Waals surface area contributed by atoms with Crippen LogP contribution in [0.1, 0.15) is 44.7 Å². The van der Waals surface area contributed by atoms with Crippen molar-refractivity contribution < 1.29 is 14.3 Å². The van der Waals surface area contributed by atoms with Gasteiger partial charge < -0.3 is 10.1 Å². The smallest absolute Gasteiger partial charge is 0.410 e. The average molecular weight is 318 g/mol. The Morgan fingerprint density at radius 1 is 1.22 bits per heavy atom. The lowest BCUT2D eigenvalue weighted by Crippen LogP contribution is -2.45. The second-order valence-electron chi connectivity index (χ2n) is 7.09. The summed E-state index contributed by atoms with van der Waals surface area (Å²) in [6, 6.07) is 5.41. The largest absolute Gasteiger partial charge is 0.444 e. The first-order valence-electron chi connectivity index (χ1n) is 8.06. The molecule has 2 rings (SSSR count). The molecule has 1 atom stereocenters. The second-order valence-corrected chi connectivity index (χ2v) is 7.09. The quantitative estimate of drug-likeness (QED) is 0.905. The molecule has 1 fully saturated rings. The van der Waals surface area contributed by atoms with Crippen molar-refractivity contribution >= 4 is 17.7 Å². The summed E-state index contributed by atoms with van der Waals surface area (Å²) in [5, 5.41) is 2.98. The third-order valence-electron chi connectivity index (χ3n) is 3.91. The van der Waals surface area contributed by atoms with Crippen molar-refractivity contribution in [2.45, 2.75) is 59.1 Å². The maximum Gasteiger partial charge on any atom is 0.410 e. The highest BCUT2D eigenvalue weighted by Gasteiger charge is 2.36. The van der Waals surface area contributed by atoms with E-state index in [-0.39, 0.29) is 5.91 Å². The van der Waals surface area contributed by atoms with Gasteiger partial charge in [0.2, 0.25) is 5.91 Å². The van der Waals surface area contributed by atoms with Crippen molar-refractivity contribution in [1.29, 1.82) is 0 Å². The van der Waals surface area contributed by atoms with Crippen LogP contribution in [-0.2, 0) is 9.53 Å². The number of likely N-dealkylation sites (tertiary alicyclic amines) is 1. The van der Waals surface area contributed by atoms with Crippen LogP contribution >= 0.6 is 0 Å². The van der Waals surface area contributed by atoms with E-state index in [2.05, 4.69) is 5.32 Å². The zero-order valence-corrected chi connectivity index (χ0v) is 14.6. The molecule has 0 unspecified atom stereocenters. The standard InChI is InChI=1S/C18H26N2O3/c1-12-8-6-9-13(2)15(12)19-16(21)14-10-7-11-20(14)17(22)23-18(3,4)5/h6,8-9,14H,7,10-11H2,1-5H3,(H,19,21)/t14-/m1/s1. The van der Waals surface area contributed by atoms with Gasteiger partial charge in [-0.3, -0.25) is 9.69 Å². The molecular formula is C18H26N2O3. The number of carbonyl (C=O) groups excluding carboxylic acids is 2. The van der Waals surface area contributed by atoms with E-state index in [9.17, 15) is 9.59 Å². The van der Waals surface area contributed by atoms with Gasteiger partial charge in [0.05, 0.1) is 0 Å². The summed E-state index contributed by atoms with van der Waals surface area (Å²) in [5.41, 5.74) is 2.29. The molecule has 2 amide bonds. The van der Waals surface area contributed by atoms with Crippen LogP contribution in [0.3, 0.4) is 0 Å². The predicted octanol–water partition coefficient (Wildman–Crippen LogP) is 3.64. The Balaban J connectivity index is 2.10. The molecule has 5 nitrogen and oxygen atoms in total. The Morgan fingerprint density at radius 3 is 2.39 bits per heavy atom. The van der Waals surface area contributed by atoms with Crippen molar-refractivity contribution in [2.75, 3.05) is 11.9 Å². The fourth-order valence-electron chi connectivity index (χ4n) is 2.80. The summed E-state index contributed by atoms with van der Waals surface area (Å²) >= 11 is 0. The normalized spacial score (nSPS) is 18.0. The molecule has 0 spiro atoms. The van der Waals surface area contributed by atoms with Crippen molar-refractivity contribution in [1.82, 2.24) is 4.90 Å². The van der Waals surface area contributed by atoms with E-state index in [1.807, 2.05) is 52.8 Å². The predicted molar refractivity (Wildman–Crippen MR) is 90.5 cm³/mol. The van der Waals surface area contributed by atoms with Crippen molar-refractivity contribution in [2.24, 2.45) is 0 Å². The number of nitrogens with zero attached hydrogens (tertiary/aromatic N) is 1. The number of para-hydroxylation sites is 1. The van der Waals surface area contributed by atoms with Crippen LogP contribution in [0.5, 0.6) is 0 Å². The number of aryl methyl sites for hydroxylation is 2. The lowest BCUT2D eigenvalue weighted by molar-refractivity contribution is -0.120. The maximum absolute atomic E-state index is 12.6. The van der Waals surface area contributed by atoms with E-state index in [0.29, 0.717) is 13.0 Å². The highest BCUT2D eigenvalue weighted by molar-refractivity contribution is 5.98. The Morgan fingerprint density at radius 2 is 1.83 bits per heavy atom. The number of hydrogen-bond acceptors (Lipinski definition) is 3. The van der Waals surface area contributed by atoms with Gasteiger partial charge >= 0.3 is 6.09 Å². The fraction of sp³-hybridized carbons (Fsp3) is 0.556. The number of ether oxygens (including phenoxy) is 1. The molecule has 1 aliphatic rings. The molecule has 1 aromatic carbocycles. The van der Waals surface area contributed by atoms with E-state index >= 15 is 0 Å². The van der Waals surface area contributed by atoms with Crippen LogP contribution in [-0.4, -0.2) is 35.1 Å². The van der Waals surface area contributed by atoms with Gasteiger partial charge in [0.25, 0.3) is 0 Å². The molecule has 0 bridgehead atoms. The van der Waals surface area contributed by atoms with E-state index in [1.165, 1.54) is 4.90 Å². The highest BCUT2D eigenvalue weighted by Crippen LogP contribution is 2.24. The number of benzene rings is 1. The van der Waals surface area contributed by atoms with Crippen LogP contribution in [0, 0.1) is 13.8 Å². The molecule has 23 heavy (non-hydrogen) atoms. The van der Waals surface area contributed by atoms with Crippen LogP contribution in [0.2, 0.25) is 0 Å². The number of rotatable bonds is 2. The summed E-state index contributed by atoms with van der Waals surface area (Å²) in [7, 11) is 0. The second kappa shape index (κ2) is 6.60. The first kappa shape index (κ1) is 17.3. The summed E-state index contributed by atoms with van der Waals surface area (Å²) in [4.78, 5) is 26.5. The third-order valence-corrected chi connectivity index (χ3v) is 3.91.